The number of rotatable bonds is 5. The smallest absolute Gasteiger partial charge is 0.0914 e. The van der Waals surface area contributed by atoms with Gasteiger partial charge in [-0.05, 0) is 41.8 Å². The molecule has 3 aromatic rings. The molecule has 0 radical (unpaired) electrons. The van der Waals surface area contributed by atoms with Gasteiger partial charge >= 0.3 is 0 Å². The van der Waals surface area contributed by atoms with E-state index in [1.165, 1.54) is 21.9 Å². The highest BCUT2D eigenvalue weighted by molar-refractivity contribution is 5.83. The third-order valence-corrected chi connectivity index (χ3v) is 4.35. The van der Waals surface area contributed by atoms with Crippen molar-refractivity contribution in [3.05, 3.63) is 83.4 Å². The maximum Gasteiger partial charge on any atom is 0.0914 e. The summed E-state index contributed by atoms with van der Waals surface area (Å²) in [6.45, 7) is 4.72. The third kappa shape index (κ3) is 3.79. The molecule has 0 aliphatic heterocycles. The van der Waals surface area contributed by atoms with Crippen molar-refractivity contribution in [1.29, 1.82) is 0 Å². The van der Waals surface area contributed by atoms with Gasteiger partial charge in [0.05, 0.1) is 6.10 Å². The van der Waals surface area contributed by atoms with Crippen LogP contribution >= 0.6 is 0 Å². The van der Waals surface area contributed by atoms with Crippen LogP contribution in [0.25, 0.3) is 10.8 Å². The lowest BCUT2D eigenvalue weighted by atomic mass is 10.0. The summed E-state index contributed by atoms with van der Waals surface area (Å²) in [6, 6.07) is 23.1. The van der Waals surface area contributed by atoms with Gasteiger partial charge in [-0.2, -0.15) is 0 Å². The molecular weight excluding hydrogens is 282 g/mol. The Hall–Kier alpha value is -2.16. The molecule has 0 aromatic heterocycles. The summed E-state index contributed by atoms with van der Waals surface area (Å²) in [5.41, 5.74) is 3.40. The van der Waals surface area contributed by atoms with E-state index in [2.05, 4.69) is 61.6 Å². The second-order valence-corrected chi connectivity index (χ2v) is 6.16. The first-order chi connectivity index (χ1) is 11.1. The second kappa shape index (κ2) is 6.95. The number of aryl methyl sites for hydroxylation is 1. The van der Waals surface area contributed by atoms with Crippen LogP contribution in [0.2, 0.25) is 0 Å². The molecule has 0 aliphatic carbocycles. The molecule has 23 heavy (non-hydrogen) atoms. The Morgan fingerprint density at radius 2 is 1.52 bits per heavy atom. The first-order valence-electron chi connectivity index (χ1n) is 8.10. The molecule has 0 aliphatic rings. The maximum absolute atomic E-state index is 10.3. The Labute approximate surface area is 137 Å². The van der Waals surface area contributed by atoms with Crippen molar-refractivity contribution in [3.63, 3.8) is 0 Å². The van der Waals surface area contributed by atoms with Crippen molar-refractivity contribution in [1.82, 2.24) is 5.32 Å². The normalized spacial score (nSPS) is 13.9. The standard InChI is InChI=1S/C21H23NO/c1-15-7-9-18(10-8-15)21(23)14-22-16(2)19-12-11-17-5-3-4-6-20(17)13-19/h3-13,16,21-23H,14H2,1-2H3/t16-,21+/m1/s1. The number of hydrogen-bond acceptors (Lipinski definition) is 2. The van der Waals surface area contributed by atoms with Gasteiger partial charge < -0.3 is 10.4 Å². The van der Waals surface area contributed by atoms with Crippen LogP contribution in [0.3, 0.4) is 0 Å². The predicted molar refractivity (Wildman–Crippen MR) is 96.5 cm³/mol. The fraction of sp³-hybridized carbons (Fsp3) is 0.238. The molecule has 3 rings (SSSR count). The van der Waals surface area contributed by atoms with Gasteiger partial charge in [-0.1, -0.05) is 66.2 Å². The fourth-order valence-corrected chi connectivity index (χ4v) is 2.79. The van der Waals surface area contributed by atoms with Crippen LogP contribution in [0.5, 0.6) is 0 Å². The van der Waals surface area contributed by atoms with E-state index in [9.17, 15) is 5.11 Å². The summed E-state index contributed by atoms with van der Waals surface area (Å²) in [6.07, 6.45) is -0.487. The molecule has 118 valence electrons. The molecule has 0 heterocycles. The summed E-state index contributed by atoms with van der Waals surface area (Å²) >= 11 is 0. The monoisotopic (exact) mass is 305 g/mol. The van der Waals surface area contributed by atoms with Gasteiger partial charge in [-0.3, -0.25) is 0 Å². The fourth-order valence-electron chi connectivity index (χ4n) is 2.79. The summed E-state index contributed by atoms with van der Waals surface area (Å²) in [7, 11) is 0. The van der Waals surface area contributed by atoms with E-state index in [1.807, 2.05) is 24.3 Å². The van der Waals surface area contributed by atoms with E-state index >= 15 is 0 Å². The molecule has 2 N–H and O–H groups in total. The molecule has 0 unspecified atom stereocenters. The molecule has 2 nitrogen and oxygen atoms in total. The molecule has 2 atom stereocenters. The topological polar surface area (TPSA) is 32.3 Å². The van der Waals surface area contributed by atoms with Gasteiger partial charge in [-0.15, -0.1) is 0 Å². The van der Waals surface area contributed by atoms with Crippen LogP contribution in [0, 0.1) is 6.92 Å². The molecule has 0 spiro atoms. The number of aliphatic hydroxyl groups is 1. The minimum atomic E-state index is -0.487. The number of benzene rings is 3. The molecule has 0 saturated heterocycles. The third-order valence-electron chi connectivity index (χ3n) is 4.35. The lowest BCUT2D eigenvalue weighted by Crippen LogP contribution is -2.24. The van der Waals surface area contributed by atoms with E-state index in [0.717, 1.165) is 5.56 Å². The zero-order chi connectivity index (χ0) is 16.2. The van der Waals surface area contributed by atoms with Crippen molar-refractivity contribution >= 4 is 10.8 Å². The van der Waals surface area contributed by atoms with Crippen LogP contribution in [-0.2, 0) is 0 Å². The quantitative estimate of drug-likeness (QED) is 0.725. The summed E-state index contributed by atoms with van der Waals surface area (Å²) in [4.78, 5) is 0. The van der Waals surface area contributed by atoms with E-state index < -0.39 is 6.10 Å². The molecule has 3 aromatic carbocycles. The van der Waals surface area contributed by atoms with E-state index in [0.29, 0.717) is 6.54 Å². The maximum atomic E-state index is 10.3. The summed E-state index contributed by atoms with van der Waals surface area (Å²) < 4.78 is 0. The van der Waals surface area contributed by atoms with Gasteiger partial charge in [0, 0.05) is 12.6 Å². The minimum absolute atomic E-state index is 0.194. The largest absolute Gasteiger partial charge is 0.387 e. The second-order valence-electron chi connectivity index (χ2n) is 6.16. The molecule has 2 heteroatoms. The van der Waals surface area contributed by atoms with Crippen molar-refractivity contribution in [2.45, 2.75) is 26.0 Å². The highest BCUT2D eigenvalue weighted by atomic mass is 16.3. The first kappa shape index (κ1) is 15.7. The van der Waals surface area contributed by atoms with Crippen LogP contribution in [-0.4, -0.2) is 11.7 Å². The van der Waals surface area contributed by atoms with Gasteiger partial charge in [0.25, 0.3) is 0 Å². The highest BCUT2D eigenvalue weighted by Crippen LogP contribution is 2.21. The Morgan fingerprint density at radius 1 is 0.870 bits per heavy atom. The molecule has 0 saturated carbocycles. The van der Waals surface area contributed by atoms with Gasteiger partial charge in [0.1, 0.15) is 0 Å². The lowest BCUT2D eigenvalue weighted by Gasteiger charge is -2.18. The Bertz CT molecular complexity index is 779. The molecule has 0 fully saturated rings. The summed E-state index contributed by atoms with van der Waals surface area (Å²) in [5.74, 6) is 0. The van der Waals surface area contributed by atoms with Crippen LogP contribution in [0.1, 0.15) is 35.8 Å². The first-order valence-corrected chi connectivity index (χ1v) is 8.10. The van der Waals surface area contributed by atoms with Crippen LogP contribution < -0.4 is 5.32 Å². The van der Waals surface area contributed by atoms with E-state index in [-0.39, 0.29) is 6.04 Å². The van der Waals surface area contributed by atoms with Crippen molar-refractivity contribution in [3.8, 4) is 0 Å². The summed E-state index contributed by atoms with van der Waals surface area (Å²) in [5, 5.41) is 16.2. The van der Waals surface area contributed by atoms with Crippen molar-refractivity contribution < 1.29 is 5.11 Å². The Kier molecular flexibility index (Phi) is 4.75. The SMILES string of the molecule is Cc1ccc([C@@H](O)CN[C@H](C)c2ccc3ccccc3c2)cc1. The molecular formula is C21H23NO. The lowest BCUT2D eigenvalue weighted by molar-refractivity contribution is 0.171. The number of aliphatic hydroxyl groups excluding tert-OH is 1. The zero-order valence-corrected chi connectivity index (χ0v) is 13.7. The van der Waals surface area contributed by atoms with Crippen LogP contribution in [0.15, 0.2) is 66.7 Å². The average Bonchev–Trinajstić information content (AvgIpc) is 2.59. The number of hydrogen-bond donors (Lipinski definition) is 2. The van der Waals surface area contributed by atoms with Gasteiger partial charge in [0.2, 0.25) is 0 Å². The predicted octanol–water partition coefficient (Wildman–Crippen LogP) is 4.53. The highest BCUT2D eigenvalue weighted by Gasteiger charge is 2.11. The van der Waals surface area contributed by atoms with E-state index in [4.69, 9.17) is 0 Å². The Morgan fingerprint density at radius 3 is 2.26 bits per heavy atom. The molecule has 0 amide bonds. The van der Waals surface area contributed by atoms with Gasteiger partial charge in [0.15, 0.2) is 0 Å². The number of fused-ring (bicyclic) bond motifs is 1. The van der Waals surface area contributed by atoms with Crippen LogP contribution in [0.4, 0.5) is 0 Å². The minimum Gasteiger partial charge on any atom is -0.387 e. The average molecular weight is 305 g/mol. The van der Waals surface area contributed by atoms with Crippen molar-refractivity contribution in [2.24, 2.45) is 0 Å². The molecule has 0 bridgehead atoms. The van der Waals surface area contributed by atoms with Crippen molar-refractivity contribution in [2.75, 3.05) is 6.54 Å². The van der Waals surface area contributed by atoms with Gasteiger partial charge in [-0.25, -0.2) is 0 Å². The zero-order valence-electron chi connectivity index (χ0n) is 13.7. The number of nitrogens with one attached hydrogen (secondary N) is 1. The van der Waals surface area contributed by atoms with E-state index in [1.54, 1.807) is 0 Å². The Balaban J connectivity index is 1.65.